The van der Waals surface area contributed by atoms with E-state index < -0.39 is 0 Å². The second kappa shape index (κ2) is 5.77. The Kier molecular flexibility index (Phi) is 4.09. The van der Waals surface area contributed by atoms with Gasteiger partial charge in [0.25, 0.3) is 0 Å². The smallest absolute Gasteiger partial charge is 0.160 e. The molecule has 92 valence electrons. The van der Waals surface area contributed by atoms with Crippen molar-refractivity contribution in [3.05, 3.63) is 29.7 Å². The van der Waals surface area contributed by atoms with Crippen LogP contribution in [0, 0.1) is 6.92 Å². The van der Waals surface area contributed by atoms with Crippen LogP contribution in [0.2, 0.25) is 0 Å². The third kappa shape index (κ3) is 3.03. The van der Waals surface area contributed by atoms with Gasteiger partial charge in [-0.15, -0.1) is 10.2 Å². The monoisotopic (exact) mass is 232 g/mol. The van der Waals surface area contributed by atoms with Gasteiger partial charge in [0.15, 0.2) is 5.65 Å². The lowest BCUT2D eigenvalue weighted by molar-refractivity contribution is 0.633. The summed E-state index contributed by atoms with van der Waals surface area (Å²) in [6.07, 6.45) is 7.82. The van der Waals surface area contributed by atoms with Gasteiger partial charge in [0.2, 0.25) is 0 Å². The summed E-state index contributed by atoms with van der Waals surface area (Å²) in [5, 5.41) is 8.41. The van der Waals surface area contributed by atoms with E-state index in [2.05, 4.69) is 33.8 Å². The van der Waals surface area contributed by atoms with E-state index in [4.69, 9.17) is 5.73 Å². The largest absolute Gasteiger partial charge is 0.330 e. The van der Waals surface area contributed by atoms with Crippen molar-refractivity contribution in [2.75, 3.05) is 6.54 Å². The topological polar surface area (TPSA) is 56.2 Å². The van der Waals surface area contributed by atoms with Gasteiger partial charge in [0, 0.05) is 12.6 Å². The quantitative estimate of drug-likeness (QED) is 0.776. The second-order valence-corrected chi connectivity index (χ2v) is 4.50. The molecule has 2 rings (SSSR count). The number of hydrogen-bond donors (Lipinski definition) is 1. The molecule has 2 aromatic heterocycles. The maximum Gasteiger partial charge on any atom is 0.160 e. The molecule has 0 saturated carbocycles. The first-order valence-electron chi connectivity index (χ1n) is 6.31. The average molecular weight is 232 g/mol. The molecule has 0 saturated heterocycles. The van der Waals surface area contributed by atoms with Gasteiger partial charge < -0.3 is 5.73 Å². The molecule has 4 nitrogen and oxygen atoms in total. The van der Waals surface area contributed by atoms with Crippen molar-refractivity contribution in [2.45, 2.75) is 39.0 Å². The summed E-state index contributed by atoms with van der Waals surface area (Å²) in [6.45, 7) is 2.89. The summed E-state index contributed by atoms with van der Waals surface area (Å²) in [4.78, 5) is 0. The molecule has 2 N–H and O–H groups in total. The molecule has 0 radical (unpaired) electrons. The van der Waals surface area contributed by atoms with E-state index in [1.807, 2.05) is 6.07 Å². The number of aromatic nitrogens is 3. The van der Waals surface area contributed by atoms with Gasteiger partial charge in [-0.25, -0.2) is 0 Å². The molecule has 0 aliphatic carbocycles. The molecule has 0 atom stereocenters. The molecule has 0 aromatic carbocycles. The van der Waals surface area contributed by atoms with Crippen LogP contribution >= 0.6 is 0 Å². The van der Waals surface area contributed by atoms with Crippen LogP contribution in [0.5, 0.6) is 0 Å². The lowest BCUT2D eigenvalue weighted by Gasteiger charge is -2.01. The number of nitrogens with zero attached hydrogens (tertiary/aromatic N) is 3. The number of pyridine rings is 1. The van der Waals surface area contributed by atoms with Crippen LogP contribution in [0.25, 0.3) is 5.65 Å². The van der Waals surface area contributed by atoms with Crippen LogP contribution < -0.4 is 5.73 Å². The zero-order valence-electron chi connectivity index (χ0n) is 10.4. The van der Waals surface area contributed by atoms with Crippen LogP contribution in [0.4, 0.5) is 0 Å². The van der Waals surface area contributed by atoms with Crippen LogP contribution in [-0.2, 0) is 6.42 Å². The molecule has 17 heavy (non-hydrogen) atoms. The Balaban J connectivity index is 1.96. The van der Waals surface area contributed by atoms with Crippen LogP contribution in [0.1, 0.15) is 37.1 Å². The van der Waals surface area contributed by atoms with Crippen LogP contribution in [-0.4, -0.2) is 21.1 Å². The van der Waals surface area contributed by atoms with Crippen molar-refractivity contribution in [2.24, 2.45) is 5.73 Å². The molecule has 0 bridgehead atoms. The Bertz CT molecular complexity index is 475. The Morgan fingerprint density at radius 2 is 1.94 bits per heavy atom. The Labute approximate surface area is 102 Å². The standard InChI is InChI=1S/C13H20N4/c1-11-7-8-13-16-15-12(17(13)10-11)6-4-2-3-5-9-14/h7-8,10H,2-6,9,14H2,1H3. The molecular weight excluding hydrogens is 212 g/mol. The Morgan fingerprint density at radius 1 is 1.12 bits per heavy atom. The molecule has 0 spiro atoms. The van der Waals surface area contributed by atoms with Crippen molar-refractivity contribution in [3.8, 4) is 0 Å². The molecule has 0 unspecified atom stereocenters. The van der Waals surface area contributed by atoms with Gasteiger partial charge >= 0.3 is 0 Å². The van der Waals surface area contributed by atoms with Crippen LogP contribution in [0.3, 0.4) is 0 Å². The van der Waals surface area contributed by atoms with Gasteiger partial charge in [-0.2, -0.15) is 0 Å². The molecule has 0 amide bonds. The highest BCUT2D eigenvalue weighted by Gasteiger charge is 2.04. The third-order valence-corrected chi connectivity index (χ3v) is 2.98. The van der Waals surface area contributed by atoms with Gasteiger partial charge in [0.1, 0.15) is 5.82 Å². The fourth-order valence-electron chi connectivity index (χ4n) is 2.00. The minimum atomic E-state index is 0.799. The maximum atomic E-state index is 5.47. The number of aryl methyl sites for hydroxylation is 2. The van der Waals surface area contributed by atoms with Crippen molar-refractivity contribution >= 4 is 5.65 Å². The maximum absolute atomic E-state index is 5.47. The highest BCUT2D eigenvalue weighted by atomic mass is 15.2. The van der Waals surface area contributed by atoms with E-state index in [1.165, 1.54) is 18.4 Å². The summed E-state index contributed by atoms with van der Waals surface area (Å²) >= 11 is 0. The molecule has 0 aliphatic heterocycles. The third-order valence-electron chi connectivity index (χ3n) is 2.98. The van der Waals surface area contributed by atoms with Crippen molar-refractivity contribution < 1.29 is 0 Å². The first-order chi connectivity index (χ1) is 8.31. The van der Waals surface area contributed by atoms with Gasteiger partial charge in [-0.05, 0) is 37.9 Å². The second-order valence-electron chi connectivity index (χ2n) is 4.50. The molecule has 2 aromatic rings. The number of hydrogen-bond acceptors (Lipinski definition) is 3. The molecule has 0 aliphatic rings. The minimum Gasteiger partial charge on any atom is -0.330 e. The lowest BCUT2D eigenvalue weighted by atomic mass is 10.1. The highest BCUT2D eigenvalue weighted by Crippen LogP contribution is 2.09. The van der Waals surface area contributed by atoms with Crippen molar-refractivity contribution in [3.63, 3.8) is 0 Å². The van der Waals surface area contributed by atoms with Crippen molar-refractivity contribution in [1.29, 1.82) is 0 Å². The summed E-state index contributed by atoms with van der Waals surface area (Å²) in [5.74, 6) is 1.07. The fraction of sp³-hybridized carbons (Fsp3) is 0.538. The average Bonchev–Trinajstić information content (AvgIpc) is 2.72. The predicted molar refractivity (Wildman–Crippen MR) is 69.0 cm³/mol. The minimum absolute atomic E-state index is 0.799. The van der Waals surface area contributed by atoms with Crippen LogP contribution in [0.15, 0.2) is 18.3 Å². The number of fused-ring (bicyclic) bond motifs is 1. The van der Waals surface area contributed by atoms with Gasteiger partial charge in [-0.3, -0.25) is 4.40 Å². The van der Waals surface area contributed by atoms with Gasteiger partial charge in [-0.1, -0.05) is 18.9 Å². The molecule has 0 fully saturated rings. The first kappa shape index (κ1) is 12.0. The van der Waals surface area contributed by atoms with E-state index in [0.29, 0.717) is 0 Å². The van der Waals surface area contributed by atoms with E-state index in [1.54, 1.807) is 0 Å². The van der Waals surface area contributed by atoms with Gasteiger partial charge in [0.05, 0.1) is 0 Å². The molecule has 4 heteroatoms. The first-order valence-corrected chi connectivity index (χ1v) is 6.31. The SMILES string of the molecule is Cc1ccc2nnc(CCCCCCN)n2c1. The zero-order valence-corrected chi connectivity index (χ0v) is 10.4. The fourth-order valence-corrected chi connectivity index (χ4v) is 2.00. The summed E-state index contributed by atoms with van der Waals surface area (Å²) in [7, 11) is 0. The summed E-state index contributed by atoms with van der Waals surface area (Å²) in [6, 6.07) is 4.08. The normalized spacial score (nSPS) is 11.2. The Morgan fingerprint density at radius 3 is 2.76 bits per heavy atom. The molecule has 2 heterocycles. The van der Waals surface area contributed by atoms with E-state index in [9.17, 15) is 0 Å². The van der Waals surface area contributed by atoms with E-state index in [0.717, 1.165) is 37.3 Å². The number of unbranched alkanes of at least 4 members (excludes halogenated alkanes) is 3. The number of rotatable bonds is 6. The number of nitrogens with two attached hydrogens (primary N) is 1. The predicted octanol–water partition coefficient (Wildman–Crippen LogP) is 2.10. The summed E-state index contributed by atoms with van der Waals surface area (Å²) in [5.41, 5.74) is 7.65. The zero-order chi connectivity index (χ0) is 12.1. The summed E-state index contributed by atoms with van der Waals surface area (Å²) < 4.78 is 2.10. The Hall–Kier alpha value is -1.42. The highest BCUT2D eigenvalue weighted by molar-refractivity contribution is 5.39. The van der Waals surface area contributed by atoms with E-state index >= 15 is 0 Å². The lowest BCUT2D eigenvalue weighted by Crippen LogP contribution is -1.99. The van der Waals surface area contributed by atoms with E-state index in [-0.39, 0.29) is 0 Å². The molecular formula is C13H20N4. The van der Waals surface area contributed by atoms with Crippen molar-refractivity contribution in [1.82, 2.24) is 14.6 Å².